The van der Waals surface area contributed by atoms with Gasteiger partial charge in [0.15, 0.2) is 0 Å². The Morgan fingerprint density at radius 3 is 2.78 bits per heavy atom. The first-order valence-corrected chi connectivity index (χ1v) is 6.28. The lowest BCUT2D eigenvalue weighted by molar-refractivity contribution is -0.147. The molecule has 18 heavy (non-hydrogen) atoms. The van der Waals surface area contributed by atoms with Gasteiger partial charge in [0.25, 0.3) is 0 Å². The van der Waals surface area contributed by atoms with Crippen molar-refractivity contribution >= 4 is 17.6 Å². The summed E-state index contributed by atoms with van der Waals surface area (Å²) in [5.74, 6) is -0.202. The van der Waals surface area contributed by atoms with Crippen LogP contribution in [-0.4, -0.2) is 28.9 Å². The Balaban J connectivity index is 2.67. The third kappa shape index (κ3) is 4.29. The van der Waals surface area contributed by atoms with Crippen molar-refractivity contribution in [1.29, 1.82) is 0 Å². The first-order chi connectivity index (χ1) is 8.58. The predicted molar refractivity (Wildman–Crippen MR) is 68.2 cm³/mol. The van der Waals surface area contributed by atoms with Crippen molar-refractivity contribution in [2.75, 3.05) is 6.61 Å². The van der Waals surface area contributed by atoms with Gasteiger partial charge in [0.2, 0.25) is 0 Å². The first kappa shape index (κ1) is 15.0. The number of rotatable bonds is 6. The summed E-state index contributed by atoms with van der Waals surface area (Å²) in [5.41, 5.74) is 1.38. The zero-order chi connectivity index (χ0) is 13.5. The van der Waals surface area contributed by atoms with E-state index in [2.05, 4.69) is 0 Å². The van der Waals surface area contributed by atoms with Crippen molar-refractivity contribution in [2.24, 2.45) is 0 Å². The minimum absolute atomic E-state index is 0.236. The predicted octanol–water partition coefficient (Wildman–Crippen LogP) is 1.77. The highest BCUT2D eigenvalue weighted by molar-refractivity contribution is 6.17. The summed E-state index contributed by atoms with van der Waals surface area (Å²) in [7, 11) is 0. The fourth-order valence-corrected chi connectivity index (χ4v) is 1.75. The monoisotopic (exact) mass is 272 g/mol. The second-order valence-electron chi connectivity index (χ2n) is 3.90. The zero-order valence-electron chi connectivity index (χ0n) is 10.2. The highest BCUT2D eigenvalue weighted by Crippen LogP contribution is 2.21. The molecule has 0 aliphatic rings. The Labute approximate surface area is 111 Å². The smallest absolute Gasteiger partial charge is 0.308 e. The highest BCUT2D eigenvalue weighted by atomic mass is 35.5. The first-order valence-electron chi connectivity index (χ1n) is 5.75. The molecule has 0 aromatic heterocycles. The van der Waals surface area contributed by atoms with Crippen molar-refractivity contribution in [3.05, 3.63) is 35.4 Å². The fraction of sp³-hybridized carbons (Fsp3) is 0.462. The van der Waals surface area contributed by atoms with Crippen LogP contribution >= 0.6 is 11.6 Å². The summed E-state index contributed by atoms with van der Waals surface area (Å²) in [4.78, 5) is 11.2. The summed E-state index contributed by atoms with van der Waals surface area (Å²) in [6.45, 7) is 1.94. The molecule has 0 amide bonds. The van der Waals surface area contributed by atoms with Gasteiger partial charge in [0.05, 0.1) is 19.1 Å². The van der Waals surface area contributed by atoms with Gasteiger partial charge in [0.1, 0.15) is 6.10 Å². The fourth-order valence-electron chi connectivity index (χ4n) is 1.58. The highest BCUT2D eigenvalue weighted by Gasteiger charge is 2.22. The van der Waals surface area contributed by atoms with Crippen molar-refractivity contribution < 1.29 is 19.7 Å². The Hall–Kier alpha value is -1.10. The number of aliphatic hydroxyl groups excluding tert-OH is 2. The van der Waals surface area contributed by atoms with Gasteiger partial charge in [-0.3, -0.25) is 4.79 Å². The van der Waals surface area contributed by atoms with Crippen LogP contribution in [0.3, 0.4) is 0 Å². The quantitative estimate of drug-likeness (QED) is 0.612. The minimum Gasteiger partial charge on any atom is -0.466 e. The molecular formula is C13H17ClO4. The molecule has 0 aliphatic heterocycles. The number of ether oxygens (including phenoxy) is 1. The van der Waals surface area contributed by atoms with E-state index in [-0.39, 0.29) is 13.0 Å². The number of esters is 1. The van der Waals surface area contributed by atoms with Gasteiger partial charge in [0, 0.05) is 5.88 Å². The normalized spacial score (nSPS) is 14.0. The van der Waals surface area contributed by atoms with Crippen LogP contribution in [0.1, 0.15) is 30.6 Å². The summed E-state index contributed by atoms with van der Waals surface area (Å²) in [6, 6.07) is 6.94. The van der Waals surface area contributed by atoms with E-state index in [1.807, 2.05) is 6.07 Å². The third-order valence-electron chi connectivity index (χ3n) is 2.49. The van der Waals surface area contributed by atoms with E-state index in [0.717, 1.165) is 5.56 Å². The largest absolute Gasteiger partial charge is 0.466 e. The molecular weight excluding hydrogens is 256 g/mol. The van der Waals surface area contributed by atoms with E-state index in [1.54, 1.807) is 25.1 Å². The van der Waals surface area contributed by atoms with Gasteiger partial charge in [-0.25, -0.2) is 0 Å². The Morgan fingerprint density at radius 1 is 1.44 bits per heavy atom. The van der Waals surface area contributed by atoms with E-state index in [1.165, 1.54) is 0 Å². The van der Waals surface area contributed by atoms with Crippen molar-refractivity contribution in [3.63, 3.8) is 0 Å². The second-order valence-corrected chi connectivity index (χ2v) is 4.17. The molecule has 0 saturated carbocycles. The van der Waals surface area contributed by atoms with Crippen LogP contribution in [-0.2, 0) is 15.4 Å². The van der Waals surface area contributed by atoms with Crippen LogP contribution in [0.4, 0.5) is 0 Å². The minimum atomic E-state index is -1.19. The molecule has 2 unspecified atom stereocenters. The summed E-state index contributed by atoms with van der Waals surface area (Å²) < 4.78 is 4.71. The van der Waals surface area contributed by atoms with Crippen LogP contribution in [0.25, 0.3) is 0 Å². The molecule has 0 heterocycles. The van der Waals surface area contributed by atoms with Crippen molar-refractivity contribution in [1.82, 2.24) is 0 Å². The van der Waals surface area contributed by atoms with Crippen LogP contribution < -0.4 is 0 Å². The molecule has 1 rings (SSSR count). The van der Waals surface area contributed by atoms with E-state index in [9.17, 15) is 15.0 Å². The van der Waals surface area contributed by atoms with E-state index < -0.39 is 18.2 Å². The van der Waals surface area contributed by atoms with Gasteiger partial charge in [-0.2, -0.15) is 0 Å². The number of carbonyl (C=O) groups excluding carboxylic acids is 1. The Kier molecular flexibility index (Phi) is 6.12. The van der Waals surface area contributed by atoms with Gasteiger partial charge in [-0.05, 0) is 18.1 Å². The molecule has 4 nitrogen and oxygen atoms in total. The number of alkyl halides is 1. The molecule has 1 aromatic carbocycles. The van der Waals surface area contributed by atoms with Gasteiger partial charge < -0.3 is 14.9 Å². The van der Waals surface area contributed by atoms with E-state index >= 15 is 0 Å². The molecule has 5 heteroatoms. The molecule has 2 N–H and O–H groups in total. The number of halogens is 1. The van der Waals surface area contributed by atoms with Crippen LogP contribution in [0.15, 0.2) is 24.3 Å². The van der Waals surface area contributed by atoms with Crippen molar-refractivity contribution in [3.8, 4) is 0 Å². The molecule has 100 valence electrons. The maximum Gasteiger partial charge on any atom is 0.308 e. The summed E-state index contributed by atoms with van der Waals surface area (Å²) in [6.07, 6.45) is -2.55. The number of hydrogen-bond acceptors (Lipinski definition) is 4. The molecule has 0 saturated heterocycles. The molecule has 0 bridgehead atoms. The number of hydrogen-bond donors (Lipinski definition) is 2. The van der Waals surface area contributed by atoms with E-state index in [4.69, 9.17) is 16.3 Å². The second kappa shape index (κ2) is 7.36. The van der Waals surface area contributed by atoms with Gasteiger partial charge in [-0.15, -0.1) is 11.6 Å². The standard InChI is InChI=1S/C13H17ClO4/c1-2-18-12(16)7-11(15)13(17)10-5-3-4-9(6-10)8-14/h3-6,11,13,15,17H,2,7-8H2,1H3. The zero-order valence-corrected chi connectivity index (χ0v) is 10.9. The van der Waals surface area contributed by atoms with Crippen molar-refractivity contribution in [2.45, 2.75) is 31.4 Å². The molecule has 0 aliphatic carbocycles. The lowest BCUT2D eigenvalue weighted by atomic mass is 10.0. The SMILES string of the molecule is CCOC(=O)CC(O)C(O)c1cccc(CCl)c1. The molecule has 0 fully saturated rings. The van der Waals surface area contributed by atoms with Gasteiger partial charge in [-0.1, -0.05) is 24.3 Å². The Bertz CT molecular complexity index is 394. The number of aliphatic hydroxyl groups is 2. The van der Waals surface area contributed by atoms with E-state index in [0.29, 0.717) is 11.4 Å². The lowest BCUT2D eigenvalue weighted by Gasteiger charge is -2.17. The topological polar surface area (TPSA) is 66.8 Å². The average molecular weight is 273 g/mol. The Morgan fingerprint density at radius 2 is 2.17 bits per heavy atom. The van der Waals surface area contributed by atoms with Crippen LogP contribution in [0, 0.1) is 0 Å². The lowest BCUT2D eigenvalue weighted by Crippen LogP contribution is -2.23. The number of carbonyl (C=O) groups is 1. The molecule has 2 atom stereocenters. The maximum atomic E-state index is 11.2. The maximum absolute atomic E-state index is 11.2. The molecule has 0 radical (unpaired) electrons. The summed E-state index contributed by atoms with van der Waals surface area (Å²) >= 11 is 5.69. The van der Waals surface area contributed by atoms with Crippen LogP contribution in [0.5, 0.6) is 0 Å². The third-order valence-corrected chi connectivity index (χ3v) is 2.80. The average Bonchev–Trinajstić information content (AvgIpc) is 2.38. The summed E-state index contributed by atoms with van der Waals surface area (Å²) in [5, 5.41) is 19.7. The number of benzene rings is 1. The van der Waals surface area contributed by atoms with Gasteiger partial charge >= 0.3 is 5.97 Å². The van der Waals surface area contributed by atoms with Crippen LogP contribution in [0.2, 0.25) is 0 Å². The molecule has 1 aromatic rings. The molecule has 0 spiro atoms.